The van der Waals surface area contributed by atoms with E-state index in [1.165, 1.54) is 0 Å². The van der Waals surface area contributed by atoms with Gasteiger partial charge < -0.3 is 14.5 Å². The van der Waals surface area contributed by atoms with Crippen molar-refractivity contribution < 1.29 is 9.53 Å². The molecule has 4 rings (SSSR count). The Bertz CT molecular complexity index is 1090. The highest BCUT2D eigenvalue weighted by Crippen LogP contribution is 2.38. The van der Waals surface area contributed by atoms with Gasteiger partial charge in [0.2, 0.25) is 0 Å². The summed E-state index contributed by atoms with van der Waals surface area (Å²) in [5.41, 5.74) is 3.71. The highest BCUT2D eigenvalue weighted by Gasteiger charge is 2.32. The molecule has 4 nitrogen and oxygen atoms in total. The minimum atomic E-state index is -0.432. The molecular weight excluding hydrogens is 432 g/mol. The van der Waals surface area contributed by atoms with Crippen molar-refractivity contribution in [2.24, 2.45) is 0 Å². The number of aryl methyl sites for hydroxylation is 1. The monoisotopic (exact) mass is 470 g/mol. The number of benzene rings is 3. The van der Waals surface area contributed by atoms with Crippen molar-refractivity contribution in [3.05, 3.63) is 101 Å². The van der Waals surface area contributed by atoms with Crippen LogP contribution in [0.2, 0.25) is 0 Å². The molecule has 0 radical (unpaired) electrons. The molecule has 0 bridgehead atoms. The number of piperazine rings is 1. The van der Waals surface area contributed by atoms with Gasteiger partial charge in [0, 0.05) is 50.1 Å². The average Bonchev–Trinajstić information content (AvgIpc) is 2.89. The van der Waals surface area contributed by atoms with Crippen LogP contribution in [0.25, 0.3) is 0 Å². The number of Topliss-reactive ketones (excluding diaryl/α,β-unsaturated/α-hetero) is 1. The van der Waals surface area contributed by atoms with E-state index in [2.05, 4.69) is 61.0 Å². The lowest BCUT2D eigenvalue weighted by molar-refractivity contribution is 0.0962. The molecule has 0 aromatic heterocycles. The summed E-state index contributed by atoms with van der Waals surface area (Å²) < 4.78 is 6.17. The number of carbonyl (C=O) groups excluding carboxylic acids is 1. The summed E-state index contributed by atoms with van der Waals surface area (Å²) in [6.07, 6.45) is 1.43. The third kappa shape index (κ3) is 6.39. The van der Waals surface area contributed by atoms with Gasteiger partial charge in [-0.05, 0) is 43.1 Å². The first-order chi connectivity index (χ1) is 17.0. The fourth-order valence-corrected chi connectivity index (χ4v) is 4.92. The summed E-state index contributed by atoms with van der Waals surface area (Å²) in [5.74, 6) is 1.08. The Hall–Kier alpha value is -2.95. The first-order valence-electron chi connectivity index (χ1n) is 12.7. The van der Waals surface area contributed by atoms with Crippen LogP contribution in [0.4, 0.5) is 0 Å². The number of hydrogen-bond donors (Lipinski definition) is 0. The maximum Gasteiger partial charge on any atom is 0.164 e. The third-order valence-corrected chi connectivity index (χ3v) is 7.31. The lowest BCUT2D eigenvalue weighted by Crippen LogP contribution is -2.44. The fourth-order valence-electron chi connectivity index (χ4n) is 4.92. The fraction of sp³-hybridized carbons (Fsp3) is 0.387. The highest BCUT2D eigenvalue weighted by atomic mass is 16.5. The lowest BCUT2D eigenvalue weighted by atomic mass is 9.72. The Morgan fingerprint density at radius 3 is 2.20 bits per heavy atom. The Labute approximate surface area is 210 Å². The molecule has 184 valence electrons. The minimum Gasteiger partial charge on any atom is -0.493 e. The van der Waals surface area contributed by atoms with Crippen LogP contribution in [0.1, 0.15) is 46.8 Å². The van der Waals surface area contributed by atoms with E-state index in [4.69, 9.17) is 4.74 Å². The van der Waals surface area contributed by atoms with Crippen LogP contribution in [-0.2, 0) is 5.41 Å². The molecule has 0 amide bonds. The van der Waals surface area contributed by atoms with Crippen molar-refractivity contribution in [3.63, 3.8) is 0 Å². The number of carbonyl (C=O) groups is 1. The van der Waals surface area contributed by atoms with Crippen LogP contribution in [-0.4, -0.2) is 62.0 Å². The van der Waals surface area contributed by atoms with Crippen LogP contribution in [0.5, 0.6) is 5.75 Å². The van der Waals surface area contributed by atoms with Gasteiger partial charge in [0.15, 0.2) is 5.78 Å². The zero-order valence-corrected chi connectivity index (χ0v) is 21.4. The summed E-state index contributed by atoms with van der Waals surface area (Å²) in [6.45, 7) is 10.7. The maximum absolute atomic E-state index is 13.3. The summed E-state index contributed by atoms with van der Waals surface area (Å²) in [6, 6.07) is 26.4. The summed E-state index contributed by atoms with van der Waals surface area (Å²) in [5, 5.41) is 0. The number of ether oxygens (including phenoxy) is 1. The smallest absolute Gasteiger partial charge is 0.164 e. The third-order valence-electron chi connectivity index (χ3n) is 7.31. The number of hydrogen-bond acceptors (Lipinski definition) is 4. The SMILES string of the molecule is Cc1cc(C(C)(CC(=O)c2ccccc2)c2ccccc2)ccc1OCCCN1CCN(C)CC1. The van der Waals surface area contributed by atoms with Gasteiger partial charge in [0.1, 0.15) is 5.75 Å². The molecule has 1 heterocycles. The first-order valence-corrected chi connectivity index (χ1v) is 12.7. The Balaban J connectivity index is 1.46. The lowest BCUT2D eigenvalue weighted by Gasteiger charge is -2.32. The van der Waals surface area contributed by atoms with Gasteiger partial charge in [0.25, 0.3) is 0 Å². The van der Waals surface area contributed by atoms with E-state index in [9.17, 15) is 4.79 Å². The molecular formula is C31H38N2O2. The van der Waals surface area contributed by atoms with E-state index >= 15 is 0 Å². The van der Waals surface area contributed by atoms with Gasteiger partial charge in [-0.25, -0.2) is 0 Å². The molecule has 1 aliphatic rings. The Kier molecular flexibility index (Phi) is 8.37. The molecule has 3 aromatic carbocycles. The van der Waals surface area contributed by atoms with E-state index in [1.54, 1.807) is 0 Å². The zero-order chi connectivity index (χ0) is 24.7. The van der Waals surface area contributed by atoms with Crippen molar-refractivity contribution in [2.45, 2.75) is 32.1 Å². The van der Waals surface area contributed by atoms with Gasteiger partial charge in [-0.2, -0.15) is 0 Å². The molecule has 1 unspecified atom stereocenters. The van der Waals surface area contributed by atoms with Crippen LogP contribution in [0.3, 0.4) is 0 Å². The van der Waals surface area contributed by atoms with Crippen LogP contribution in [0, 0.1) is 6.92 Å². The van der Waals surface area contributed by atoms with E-state index in [0.717, 1.165) is 73.8 Å². The van der Waals surface area contributed by atoms with Crippen LogP contribution >= 0.6 is 0 Å². The Morgan fingerprint density at radius 2 is 1.54 bits per heavy atom. The average molecular weight is 471 g/mol. The van der Waals surface area contributed by atoms with Crippen LogP contribution in [0.15, 0.2) is 78.9 Å². The van der Waals surface area contributed by atoms with Crippen molar-refractivity contribution in [1.82, 2.24) is 9.80 Å². The molecule has 1 aliphatic heterocycles. The molecule has 0 aliphatic carbocycles. The Morgan fingerprint density at radius 1 is 0.886 bits per heavy atom. The maximum atomic E-state index is 13.3. The molecule has 0 N–H and O–H groups in total. The topological polar surface area (TPSA) is 32.8 Å². The molecule has 0 spiro atoms. The predicted octanol–water partition coefficient (Wildman–Crippen LogP) is 5.59. The molecule has 0 saturated carbocycles. The summed E-state index contributed by atoms with van der Waals surface area (Å²) in [4.78, 5) is 18.2. The zero-order valence-electron chi connectivity index (χ0n) is 21.4. The van der Waals surface area contributed by atoms with Crippen molar-refractivity contribution >= 4 is 5.78 Å². The van der Waals surface area contributed by atoms with E-state index < -0.39 is 5.41 Å². The van der Waals surface area contributed by atoms with Gasteiger partial charge >= 0.3 is 0 Å². The normalized spacial score (nSPS) is 16.5. The molecule has 35 heavy (non-hydrogen) atoms. The van der Waals surface area contributed by atoms with Gasteiger partial charge in [-0.15, -0.1) is 0 Å². The van der Waals surface area contributed by atoms with Gasteiger partial charge in [-0.1, -0.05) is 79.7 Å². The van der Waals surface area contributed by atoms with E-state index in [1.807, 2.05) is 48.5 Å². The number of likely N-dealkylation sites (N-methyl/N-ethyl adjacent to an activating group) is 1. The highest BCUT2D eigenvalue weighted by molar-refractivity contribution is 5.97. The van der Waals surface area contributed by atoms with Crippen molar-refractivity contribution in [2.75, 3.05) is 46.4 Å². The minimum absolute atomic E-state index is 0.152. The standard InChI is InChI=1S/C31H38N2O2/c1-25-23-28(15-16-30(25)35-22-10-17-33-20-18-32(3)19-21-33)31(2,27-13-8-5-9-14-27)24-29(34)26-11-6-4-7-12-26/h4-9,11-16,23H,10,17-22,24H2,1-3H3. The molecule has 1 atom stereocenters. The van der Waals surface area contributed by atoms with Crippen molar-refractivity contribution in [1.29, 1.82) is 0 Å². The number of rotatable bonds is 10. The predicted molar refractivity (Wildman–Crippen MR) is 144 cm³/mol. The van der Waals surface area contributed by atoms with Gasteiger partial charge in [-0.3, -0.25) is 4.79 Å². The number of nitrogens with zero attached hydrogens (tertiary/aromatic N) is 2. The molecule has 3 aromatic rings. The van der Waals surface area contributed by atoms with E-state index in [0.29, 0.717) is 6.42 Å². The van der Waals surface area contributed by atoms with Crippen LogP contribution < -0.4 is 4.74 Å². The molecule has 4 heteroatoms. The summed E-state index contributed by atoms with van der Waals surface area (Å²) in [7, 11) is 2.19. The molecule has 1 fully saturated rings. The number of ketones is 1. The summed E-state index contributed by atoms with van der Waals surface area (Å²) >= 11 is 0. The quantitative estimate of drug-likeness (QED) is 0.286. The second kappa shape index (κ2) is 11.7. The van der Waals surface area contributed by atoms with Crippen molar-refractivity contribution in [3.8, 4) is 5.75 Å². The molecule has 1 saturated heterocycles. The van der Waals surface area contributed by atoms with Gasteiger partial charge in [0.05, 0.1) is 6.61 Å². The second-order valence-corrected chi connectivity index (χ2v) is 9.99. The largest absolute Gasteiger partial charge is 0.493 e. The van der Waals surface area contributed by atoms with E-state index in [-0.39, 0.29) is 5.78 Å². The first kappa shape index (κ1) is 25.2. The second-order valence-electron chi connectivity index (χ2n) is 9.99.